The van der Waals surface area contributed by atoms with Gasteiger partial charge < -0.3 is 20.6 Å². The van der Waals surface area contributed by atoms with Gasteiger partial charge >= 0.3 is 0 Å². The quantitative estimate of drug-likeness (QED) is 0.116. The minimum atomic E-state index is -1.12. The molecule has 0 radical (unpaired) electrons. The predicted octanol–water partition coefficient (Wildman–Crippen LogP) is 6.42. The molecule has 5 nitrogen and oxygen atoms in total. The Kier molecular flexibility index (Phi) is 24.0. The number of aliphatic hydroxyl groups is 3. The molecule has 3 atom stereocenters. The van der Waals surface area contributed by atoms with E-state index in [9.17, 15) is 20.1 Å². The van der Waals surface area contributed by atoms with Crippen LogP contribution in [0.5, 0.6) is 0 Å². The molecule has 0 aromatic heterocycles. The van der Waals surface area contributed by atoms with Gasteiger partial charge in [-0.1, -0.05) is 129 Å². The molecule has 33 heavy (non-hydrogen) atoms. The van der Waals surface area contributed by atoms with Gasteiger partial charge in [-0.25, -0.2) is 0 Å². The first-order valence-corrected chi connectivity index (χ1v) is 14.3. The molecule has 0 spiro atoms. The molecule has 0 aliphatic heterocycles. The first-order chi connectivity index (χ1) is 16.1. The average Bonchev–Trinajstić information content (AvgIpc) is 2.82. The zero-order chi connectivity index (χ0) is 24.6. The number of carbonyl (C=O) groups excluding carboxylic acids is 1. The summed E-state index contributed by atoms with van der Waals surface area (Å²) in [5.74, 6) is -0.151. The fourth-order valence-corrected chi connectivity index (χ4v) is 4.39. The maximum Gasteiger partial charge on any atom is 0.220 e. The number of aliphatic hydroxyl groups excluding tert-OH is 3. The number of unbranched alkanes of at least 4 members (excludes halogenated alkanes) is 17. The monoisotopic (exact) mass is 471 g/mol. The van der Waals surface area contributed by atoms with Crippen molar-refractivity contribution in [1.82, 2.24) is 5.32 Å². The number of hydrogen-bond donors (Lipinski definition) is 4. The molecule has 0 saturated heterocycles. The van der Waals surface area contributed by atoms with E-state index in [0.717, 1.165) is 38.5 Å². The Morgan fingerprint density at radius 2 is 1.03 bits per heavy atom. The van der Waals surface area contributed by atoms with E-state index in [4.69, 9.17) is 0 Å². The Bertz CT molecular complexity index is 419. The molecular formula is C28H57NO4. The van der Waals surface area contributed by atoms with Crippen LogP contribution in [-0.2, 0) is 4.79 Å². The van der Waals surface area contributed by atoms with E-state index in [2.05, 4.69) is 19.2 Å². The molecule has 5 heteroatoms. The zero-order valence-corrected chi connectivity index (χ0v) is 22.0. The third-order valence-electron chi connectivity index (χ3n) is 6.71. The summed E-state index contributed by atoms with van der Waals surface area (Å²) >= 11 is 0. The predicted molar refractivity (Wildman–Crippen MR) is 139 cm³/mol. The lowest BCUT2D eigenvalue weighted by Gasteiger charge is -2.26. The third kappa shape index (κ3) is 20.4. The number of amides is 1. The lowest BCUT2D eigenvalue weighted by molar-refractivity contribution is -0.124. The molecule has 0 bridgehead atoms. The van der Waals surface area contributed by atoms with Crippen LogP contribution in [0.4, 0.5) is 0 Å². The molecule has 0 heterocycles. The second-order valence-electron chi connectivity index (χ2n) is 9.96. The van der Waals surface area contributed by atoms with Crippen molar-refractivity contribution in [3.05, 3.63) is 0 Å². The van der Waals surface area contributed by atoms with Gasteiger partial charge in [0, 0.05) is 6.42 Å². The fourth-order valence-electron chi connectivity index (χ4n) is 4.39. The Hall–Kier alpha value is -0.650. The van der Waals surface area contributed by atoms with Crippen LogP contribution in [-0.4, -0.2) is 46.1 Å². The number of nitrogens with one attached hydrogen (secondary N) is 1. The second-order valence-corrected chi connectivity index (χ2v) is 9.96. The minimum Gasteiger partial charge on any atom is -0.394 e. The summed E-state index contributed by atoms with van der Waals surface area (Å²) < 4.78 is 0. The van der Waals surface area contributed by atoms with Gasteiger partial charge in [0.2, 0.25) is 5.91 Å². The Labute approximate surface area is 205 Å². The van der Waals surface area contributed by atoms with Gasteiger partial charge in [-0.05, 0) is 12.8 Å². The standard InChI is InChI=1S/C28H57NO4/c1-3-5-7-9-11-13-15-16-18-20-22-26(31)28(33)25(24-30)29-27(32)23-21-19-17-14-12-10-8-6-4-2/h25-26,28,30-31,33H,3-24H2,1-2H3,(H,29,32)/t25-,26+,28-/m0/s1. The topological polar surface area (TPSA) is 89.8 Å². The number of carbonyl (C=O) groups is 1. The molecule has 0 aromatic rings. The highest BCUT2D eigenvalue weighted by Crippen LogP contribution is 2.14. The maximum atomic E-state index is 12.2. The molecule has 0 rings (SSSR count). The van der Waals surface area contributed by atoms with Crippen LogP contribution in [0.3, 0.4) is 0 Å². The van der Waals surface area contributed by atoms with Crippen molar-refractivity contribution in [2.45, 2.75) is 167 Å². The Morgan fingerprint density at radius 1 is 0.636 bits per heavy atom. The summed E-state index contributed by atoms with van der Waals surface area (Å²) in [7, 11) is 0. The van der Waals surface area contributed by atoms with Crippen LogP contribution in [0.25, 0.3) is 0 Å². The van der Waals surface area contributed by atoms with Crippen LogP contribution in [0.15, 0.2) is 0 Å². The summed E-state index contributed by atoms with van der Waals surface area (Å²) in [4.78, 5) is 12.2. The van der Waals surface area contributed by atoms with Gasteiger partial charge in [-0.3, -0.25) is 4.79 Å². The van der Waals surface area contributed by atoms with E-state index < -0.39 is 18.2 Å². The molecule has 0 fully saturated rings. The van der Waals surface area contributed by atoms with E-state index in [1.165, 1.54) is 83.5 Å². The van der Waals surface area contributed by atoms with Crippen LogP contribution in [0, 0.1) is 0 Å². The molecule has 0 saturated carbocycles. The largest absolute Gasteiger partial charge is 0.394 e. The van der Waals surface area contributed by atoms with Gasteiger partial charge in [0.25, 0.3) is 0 Å². The smallest absolute Gasteiger partial charge is 0.220 e. The van der Waals surface area contributed by atoms with Crippen LogP contribution < -0.4 is 5.32 Å². The third-order valence-corrected chi connectivity index (χ3v) is 6.71. The van der Waals surface area contributed by atoms with E-state index in [1.807, 2.05) is 0 Å². The molecule has 0 aliphatic rings. The van der Waals surface area contributed by atoms with Gasteiger partial charge in [0.1, 0.15) is 6.10 Å². The highest BCUT2D eigenvalue weighted by molar-refractivity contribution is 5.76. The average molecular weight is 472 g/mol. The van der Waals surface area contributed by atoms with Crippen molar-refractivity contribution in [3.8, 4) is 0 Å². The molecule has 4 N–H and O–H groups in total. The molecule has 0 aliphatic carbocycles. The van der Waals surface area contributed by atoms with Gasteiger partial charge in [-0.15, -0.1) is 0 Å². The zero-order valence-electron chi connectivity index (χ0n) is 22.0. The van der Waals surface area contributed by atoms with E-state index >= 15 is 0 Å². The van der Waals surface area contributed by atoms with Crippen molar-refractivity contribution < 1.29 is 20.1 Å². The second kappa shape index (κ2) is 24.5. The first kappa shape index (κ1) is 32.4. The summed E-state index contributed by atoms with van der Waals surface area (Å²) in [6.07, 6.45) is 21.9. The van der Waals surface area contributed by atoms with Crippen molar-refractivity contribution in [1.29, 1.82) is 0 Å². The number of hydrogen-bond acceptors (Lipinski definition) is 4. The Morgan fingerprint density at radius 3 is 1.45 bits per heavy atom. The lowest BCUT2D eigenvalue weighted by Crippen LogP contribution is -2.50. The summed E-state index contributed by atoms with van der Waals surface area (Å²) in [5, 5.41) is 33.0. The van der Waals surface area contributed by atoms with Crippen molar-refractivity contribution >= 4 is 5.91 Å². The molecule has 0 aromatic carbocycles. The number of rotatable bonds is 25. The van der Waals surface area contributed by atoms with Crippen LogP contribution >= 0.6 is 0 Å². The molecule has 198 valence electrons. The molecule has 0 unspecified atom stereocenters. The summed E-state index contributed by atoms with van der Waals surface area (Å²) in [5.41, 5.74) is 0. The lowest BCUT2D eigenvalue weighted by atomic mass is 9.99. The van der Waals surface area contributed by atoms with Gasteiger partial charge in [0.05, 0.1) is 18.8 Å². The molecule has 1 amide bonds. The van der Waals surface area contributed by atoms with Crippen LogP contribution in [0.2, 0.25) is 0 Å². The van der Waals surface area contributed by atoms with Crippen molar-refractivity contribution in [2.24, 2.45) is 0 Å². The van der Waals surface area contributed by atoms with Crippen molar-refractivity contribution in [3.63, 3.8) is 0 Å². The van der Waals surface area contributed by atoms with Gasteiger partial charge in [-0.2, -0.15) is 0 Å². The summed E-state index contributed by atoms with van der Waals surface area (Å²) in [6, 6.07) is -0.797. The first-order valence-electron chi connectivity index (χ1n) is 14.3. The van der Waals surface area contributed by atoms with Crippen LogP contribution in [0.1, 0.15) is 149 Å². The highest BCUT2D eigenvalue weighted by Gasteiger charge is 2.26. The minimum absolute atomic E-state index is 0.151. The fraction of sp³-hybridized carbons (Fsp3) is 0.964. The SMILES string of the molecule is CCCCCCCCCCCC[C@@H](O)[C@@H](O)[C@H](CO)NC(=O)CCCCCCCCCCC. The molecular weight excluding hydrogens is 414 g/mol. The summed E-state index contributed by atoms with van der Waals surface area (Å²) in [6.45, 7) is 4.10. The van der Waals surface area contributed by atoms with E-state index in [-0.39, 0.29) is 12.5 Å². The maximum absolute atomic E-state index is 12.2. The highest BCUT2D eigenvalue weighted by atomic mass is 16.3. The van der Waals surface area contributed by atoms with E-state index in [0.29, 0.717) is 12.8 Å². The van der Waals surface area contributed by atoms with E-state index in [1.54, 1.807) is 0 Å². The van der Waals surface area contributed by atoms with Gasteiger partial charge in [0.15, 0.2) is 0 Å². The van der Waals surface area contributed by atoms with Crippen molar-refractivity contribution in [2.75, 3.05) is 6.61 Å². The normalized spacial score (nSPS) is 14.2. The Balaban J connectivity index is 3.79.